The summed E-state index contributed by atoms with van der Waals surface area (Å²) in [5, 5.41) is 13.9. The first-order valence-electron chi connectivity index (χ1n) is 14.3. The Hall–Kier alpha value is -4.36. The minimum atomic E-state index is -0.278. The van der Waals surface area contributed by atoms with E-state index in [0.717, 1.165) is 74.1 Å². The van der Waals surface area contributed by atoms with E-state index in [4.69, 9.17) is 0 Å². The molecule has 4 heterocycles. The largest absolute Gasteiger partial charge is 0.352 e. The number of nitrogens with zero attached hydrogens (tertiary/aromatic N) is 3. The van der Waals surface area contributed by atoms with Crippen LogP contribution in [0.5, 0.6) is 0 Å². The van der Waals surface area contributed by atoms with Crippen molar-refractivity contribution in [2.45, 2.75) is 32.6 Å². The smallest absolute Gasteiger partial charge is 0.123 e. The average Bonchev–Trinajstić information content (AvgIpc) is 3.69. The van der Waals surface area contributed by atoms with Crippen molar-refractivity contribution < 1.29 is 4.39 Å². The van der Waals surface area contributed by atoms with Crippen molar-refractivity contribution >= 4 is 29.8 Å². The molecule has 2 aliphatic rings. The molecule has 0 bridgehead atoms. The summed E-state index contributed by atoms with van der Waals surface area (Å²) in [6, 6.07) is 8.62. The quantitative estimate of drug-likeness (QED) is 0.269. The van der Waals surface area contributed by atoms with Crippen LogP contribution in [0.25, 0.3) is 46.1 Å². The molecule has 1 saturated carbocycles. The summed E-state index contributed by atoms with van der Waals surface area (Å²) in [4.78, 5) is 12.5. The molecule has 208 valence electrons. The summed E-state index contributed by atoms with van der Waals surface area (Å²) in [5.74, 6) is 0.521. The molecule has 1 aliphatic carbocycles. The molecule has 41 heavy (non-hydrogen) atoms. The number of nitrogens with one attached hydrogen (secondary N) is 3. The predicted octanol–water partition coefficient (Wildman–Crippen LogP) is 5.61. The third-order valence-corrected chi connectivity index (χ3v) is 8.01. The Morgan fingerprint density at radius 3 is 2.90 bits per heavy atom. The second kappa shape index (κ2) is 12.0. The lowest BCUT2D eigenvalue weighted by Gasteiger charge is -2.11. The molecule has 0 spiro atoms. The topological polar surface area (TPSA) is 81.8 Å². The zero-order valence-corrected chi connectivity index (χ0v) is 23.4. The van der Waals surface area contributed by atoms with Gasteiger partial charge in [0.15, 0.2) is 0 Å². The number of pyridine rings is 1. The maximum atomic E-state index is 14.0. The third-order valence-electron chi connectivity index (χ3n) is 8.01. The second-order valence-corrected chi connectivity index (χ2v) is 10.8. The van der Waals surface area contributed by atoms with E-state index in [0.29, 0.717) is 6.54 Å². The Morgan fingerprint density at radius 2 is 2.07 bits per heavy atom. The summed E-state index contributed by atoms with van der Waals surface area (Å²) in [7, 11) is 0. The summed E-state index contributed by atoms with van der Waals surface area (Å²) in [6.07, 6.45) is 19.6. The minimum Gasteiger partial charge on any atom is -0.352 e. The van der Waals surface area contributed by atoms with Gasteiger partial charge in [0, 0.05) is 35.1 Å². The standard InChI is InChI=1S/C34H35FN6/c1-3-25(26-11-12-36-18-24(13-26)19-37-17-23-7-4-5-8-23)15-29-22(2)40-41-34(29)32-16-30-31(20-38-21-33(30)39-32)27-9-6-10-28(35)14-27/h3,6,9-11,13-16,18,20-21,23,37,39-40H,2,4-5,7-8,12,17,19H2,1H3/b25-3+,29-15+. The van der Waals surface area contributed by atoms with Crippen molar-refractivity contribution in [3.05, 3.63) is 94.1 Å². The van der Waals surface area contributed by atoms with Gasteiger partial charge in [0.25, 0.3) is 0 Å². The number of benzene rings is 1. The Labute approximate surface area is 239 Å². The van der Waals surface area contributed by atoms with Gasteiger partial charge in [-0.25, -0.2) is 4.39 Å². The fourth-order valence-electron chi connectivity index (χ4n) is 5.85. The molecule has 7 heteroatoms. The second-order valence-electron chi connectivity index (χ2n) is 10.8. The molecular weight excluding hydrogens is 511 g/mol. The van der Waals surface area contributed by atoms with Gasteiger partial charge in [0.1, 0.15) is 11.5 Å². The normalized spacial score (nSPS) is 16.8. The van der Waals surface area contributed by atoms with Gasteiger partial charge in [-0.1, -0.05) is 43.7 Å². The van der Waals surface area contributed by atoms with Crippen LogP contribution in [-0.2, 0) is 0 Å². The molecule has 6 nitrogen and oxygen atoms in total. The lowest BCUT2D eigenvalue weighted by molar-refractivity contribution is 0.504. The van der Waals surface area contributed by atoms with Crippen LogP contribution in [-0.4, -0.2) is 46.0 Å². The molecule has 1 aromatic carbocycles. The number of fused-ring (bicyclic) bond motifs is 1. The number of aliphatic imine (C=N–C) groups is 1. The number of halogens is 1. The van der Waals surface area contributed by atoms with Crippen LogP contribution in [0.1, 0.15) is 32.6 Å². The van der Waals surface area contributed by atoms with Crippen molar-refractivity contribution in [2.24, 2.45) is 10.9 Å². The molecule has 0 saturated heterocycles. The highest BCUT2D eigenvalue weighted by Crippen LogP contribution is 2.31. The van der Waals surface area contributed by atoms with Crippen LogP contribution in [0.15, 0.2) is 82.7 Å². The SMILES string of the molecule is C=c1[nH]nc(-c2cc3c(-c4cccc(F)c4)cncc3[nH]2)/c1=C/C(=C\C)C1=CCN=CC(CNCC2CCCC2)=C1. The van der Waals surface area contributed by atoms with E-state index in [1.54, 1.807) is 18.5 Å². The number of allylic oxidation sites excluding steroid dienone is 4. The van der Waals surface area contributed by atoms with Gasteiger partial charge in [-0.3, -0.25) is 15.1 Å². The fourth-order valence-corrected chi connectivity index (χ4v) is 5.85. The average molecular weight is 547 g/mol. The first-order valence-corrected chi connectivity index (χ1v) is 14.3. The maximum Gasteiger partial charge on any atom is 0.123 e. The van der Waals surface area contributed by atoms with Crippen LogP contribution >= 0.6 is 0 Å². The van der Waals surface area contributed by atoms with E-state index < -0.39 is 0 Å². The number of rotatable bonds is 8. The minimum absolute atomic E-state index is 0.278. The van der Waals surface area contributed by atoms with Gasteiger partial charge in [0.05, 0.1) is 29.3 Å². The Bertz CT molecular complexity index is 1800. The van der Waals surface area contributed by atoms with Crippen LogP contribution < -0.4 is 15.9 Å². The monoisotopic (exact) mass is 546 g/mol. The molecule has 0 unspecified atom stereocenters. The summed E-state index contributed by atoms with van der Waals surface area (Å²) >= 11 is 0. The van der Waals surface area contributed by atoms with Gasteiger partial charge in [-0.2, -0.15) is 5.10 Å². The molecule has 1 aliphatic heterocycles. The van der Waals surface area contributed by atoms with E-state index >= 15 is 0 Å². The molecule has 0 amide bonds. The van der Waals surface area contributed by atoms with Crippen molar-refractivity contribution in [3.63, 3.8) is 0 Å². The van der Waals surface area contributed by atoms with Crippen molar-refractivity contribution in [3.8, 4) is 22.5 Å². The molecular formula is C34H35FN6. The van der Waals surface area contributed by atoms with Crippen molar-refractivity contribution in [1.82, 2.24) is 25.5 Å². The predicted molar refractivity (Wildman–Crippen MR) is 166 cm³/mol. The third kappa shape index (κ3) is 5.91. The lowest BCUT2D eigenvalue weighted by Crippen LogP contribution is -2.24. The van der Waals surface area contributed by atoms with Crippen LogP contribution in [0, 0.1) is 11.7 Å². The molecule has 3 aromatic heterocycles. The van der Waals surface area contributed by atoms with Crippen LogP contribution in [0.2, 0.25) is 0 Å². The first-order chi connectivity index (χ1) is 20.1. The highest BCUT2D eigenvalue weighted by atomic mass is 19.1. The number of aromatic nitrogens is 4. The van der Waals surface area contributed by atoms with Crippen LogP contribution in [0.3, 0.4) is 0 Å². The number of H-pyrrole nitrogens is 2. The first kappa shape index (κ1) is 26.8. The lowest BCUT2D eigenvalue weighted by atomic mass is 10.0. The summed E-state index contributed by atoms with van der Waals surface area (Å²) in [5.41, 5.74) is 7.48. The summed E-state index contributed by atoms with van der Waals surface area (Å²) in [6.45, 7) is 8.78. The van der Waals surface area contributed by atoms with Crippen LogP contribution in [0.4, 0.5) is 4.39 Å². The van der Waals surface area contributed by atoms with E-state index in [1.807, 2.05) is 25.3 Å². The van der Waals surface area contributed by atoms with Gasteiger partial charge < -0.3 is 10.3 Å². The van der Waals surface area contributed by atoms with Gasteiger partial charge in [-0.15, -0.1) is 0 Å². The van der Waals surface area contributed by atoms with Crippen molar-refractivity contribution in [1.29, 1.82) is 0 Å². The fraction of sp³-hybridized carbons (Fsp3) is 0.265. The zero-order chi connectivity index (χ0) is 28.2. The molecule has 1 fully saturated rings. The van der Waals surface area contributed by atoms with E-state index in [2.05, 4.69) is 61.4 Å². The van der Waals surface area contributed by atoms with Crippen molar-refractivity contribution in [2.75, 3.05) is 19.6 Å². The van der Waals surface area contributed by atoms with E-state index in [1.165, 1.54) is 43.4 Å². The summed E-state index contributed by atoms with van der Waals surface area (Å²) < 4.78 is 14.0. The number of hydrogen-bond acceptors (Lipinski definition) is 4. The molecule has 6 rings (SSSR count). The van der Waals surface area contributed by atoms with Gasteiger partial charge in [-0.05, 0) is 84.9 Å². The molecule has 4 aromatic rings. The van der Waals surface area contributed by atoms with Gasteiger partial charge in [0.2, 0.25) is 0 Å². The number of aromatic amines is 2. The number of hydrogen-bond donors (Lipinski definition) is 3. The maximum absolute atomic E-state index is 14.0. The van der Waals surface area contributed by atoms with E-state index in [-0.39, 0.29) is 5.82 Å². The Balaban J connectivity index is 1.32. The highest BCUT2D eigenvalue weighted by Gasteiger charge is 2.15. The molecule has 0 radical (unpaired) electrons. The Morgan fingerprint density at radius 1 is 1.20 bits per heavy atom. The van der Waals surface area contributed by atoms with E-state index in [9.17, 15) is 4.39 Å². The highest BCUT2D eigenvalue weighted by molar-refractivity contribution is 5.97. The molecule has 0 atom stereocenters. The molecule has 3 N–H and O–H groups in total. The van der Waals surface area contributed by atoms with Gasteiger partial charge >= 0.3 is 0 Å². The zero-order valence-electron chi connectivity index (χ0n) is 23.4. The Kier molecular flexibility index (Phi) is 7.87.